The average molecular weight is 461 g/mol. The van der Waals surface area contributed by atoms with Crippen LogP contribution in [-0.2, 0) is 0 Å². The molecule has 146 valence electrons. The van der Waals surface area contributed by atoms with Gasteiger partial charge in [-0.25, -0.2) is 9.97 Å². The van der Waals surface area contributed by atoms with Gasteiger partial charge in [0.05, 0.1) is 11.2 Å². The molecule has 0 aliphatic carbocycles. The van der Waals surface area contributed by atoms with Crippen molar-refractivity contribution < 1.29 is 0 Å². The number of rotatable bonds is 2. The summed E-state index contributed by atoms with van der Waals surface area (Å²) in [5, 5.41) is 5.68. The van der Waals surface area contributed by atoms with E-state index >= 15 is 0 Å². The molecule has 0 aliphatic heterocycles. The Balaban J connectivity index is 1.76. The van der Waals surface area contributed by atoms with Gasteiger partial charge < -0.3 is 0 Å². The van der Waals surface area contributed by atoms with Gasteiger partial charge in [-0.05, 0) is 28.3 Å². The van der Waals surface area contributed by atoms with Gasteiger partial charge in [-0.1, -0.05) is 107 Å². The first-order valence-electron chi connectivity index (χ1n) is 10.2. The second kappa shape index (κ2) is 7.29. The van der Waals surface area contributed by atoms with Crippen LogP contribution in [0.4, 0.5) is 0 Å². The molecule has 0 bridgehead atoms. The van der Waals surface area contributed by atoms with Crippen LogP contribution < -0.4 is 0 Å². The molecule has 0 N–H and O–H groups in total. The molecule has 0 radical (unpaired) electrons. The van der Waals surface area contributed by atoms with Gasteiger partial charge in [0.2, 0.25) is 0 Å². The maximum atomic E-state index is 5.11. The van der Waals surface area contributed by atoms with E-state index in [-0.39, 0.29) is 0 Å². The fourth-order valence-corrected chi connectivity index (χ4v) is 4.77. The van der Waals surface area contributed by atoms with E-state index in [4.69, 9.17) is 9.97 Å². The molecule has 5 aromatic carbocycles. The topological polar surface area (TPSA) is 25.8 Å². The van der Waals surface area contributed by atoms with E-state index < -0.39 is 0 Å². The molecule has 0 atom stereocenters. The van der Waals surface area contributed by atoms with Crippen LogP contribution in [0.15, 0.2) is 108 Å². The summed E-state index contributed by atoms with van der Waals surface area (Å²) in [5.74, 6) is 0.742. The second-order valence-electron chi connectivity index (χ2n) is 7.59. The first kappa shape index (κ1) is 18.2. The van der Waals surface area contributed by atoms with E-state index in [1.54, 1.807) is 0 Å². The Morgan fingerprint density at radius 2 is 1.26 bits per heavy atom. The second-order valence-corrected chi connectivity index (χ2v) is 8.44. The maximum Gasteiger partial charge on any atom is 0.161 e. The number of benzene rings is 5. The molecule has 0 aliphatic rings. The highest BCUT2D eigenvalue weighted by Crippen LogP contribution is 2.36. The summed E-state index contributed by atoms with van der Waals surface area (Å²) in [6, 6.07) is 35.6. The van der Waals surface area contributed by atoms with E-state index in [0.29, 0.717) is 0 Å². The number of hydrogen-bond donors (Lipinski definition) is 0. The van der Waals surface area contributed by atoms with Crippen LogP contribution in [0.5, 0.6) is 0 Å². The normalized spacial score (nSPS) is 11.4. The summed E-state index contributed by atoms with van der Waals surface area (Å²) in [6.45, 7) is 0. The maximum absolute atomic E-state index is 5.11. The predicted octanol–water partition coefficient (Wildman–Crippen LogP) is 8.03. The zero-order valence-electron chi connectivity index (χ0n) is 16.6. The van der Waals surface area contributed by atoms with Crippen molar-refractivity contribution in [2.75, 3.05) is 0 Å². The first-order chi connectivity index (χ1) is 15.3. The minimum atomic E-state index is 0.742. The van der Waals surface area contributed by atoms with Gasteiger partial charge in [-0.3, -0.25) is 0 Å². The van der Waals surface area contributed by atoms with Gasteiger partial charge in [0, 0.05) is 26.4 Å². The van der Waals surface area contributed by atoms with Crippen molar-refractivity contribution in [3.63, 3.8) is 0 Å². The van der Waals surface area contributed by atoms with E-state index in [0.717, 1.165) is 54.2 Å². The van der Waals surface area contributed by atoms with Crippen molar-refractivity contribution >= 4 is 48.4 Å². The molecule has 0 saturated carbocycles. The highest BCUT2D eigenvalue weighted by atomic mass is 79.9. The van der Waals surface area contributed by atoms with Gasteiger partial charge in [0.15, 0.2) is 5.82 Å². The van der Waals surface area contributed by atoms with Crippen molar-refractivity contribution in [1.82, 2.24) is 9.97 Å². The van der Waals surface area contributed by atoms with Crippen molar-refractivity contribution in [3.8, 4) is 22.6 Å². The third-order valence-corrected chi connectivity index (χ3v) is 6.44. The van der Waals surface area contributed by atoms with Gasteiger partial charge in [0.1, 0.15) is 0 Å². The summed E-state index contributed by atoms with van der Waals surface area (Å²) in [7, 11) is 0. The zero-order valence-corrected chi connectivity index (χ0v) is 18.2. The number of nitrogens with zero attached hydrogens (tertiary/aromatic N) is 2. The molecule has 1 aromatic heterocycles. The smallest absolute Gasteiger partial charge is 0.161 e. The quantitative estimate of drug-likeness (QED) is 0.244. The molecule has 0 unspecified atom stereocenters. The Bertz CT molecular complexity index is 1590. The minimum Gasteiger partial charge on any atom is -0.227 e. The van der Waals surface area contributed by atoms with Gasteiger partial charge >= 0.3 is 0 Å². The van der Waals surface area contributed by atoms with Crippen LogP contribution in [0.2, 0.25) is 0 Å². The summed E-state index contributed by atoms with van der Waals surface area (Å²) in [5.41, 5.74) is 4.06. The molecule has 0 saturated heterocycles. The lowest BCUT2D eigenvalue weighted by Crippen LogP contribution is -1.96. The van der Waals surface area contributed by atoms with Crippen LogP contribution in [0.25, 0.3) is 55.1 Å². The highest BCUT2D eigenvalue weighted by molar-refractivity contribution is 9.10. The fourth-order valence-electron chi connectivity index (χ4n) is 4.27. The standard InChI is InChI=1S/C28H17BrN2/c29-25-15-7-12-21-22(25)13-6-14-23(21)28-30-26(19-9-2-1-3-10-19)24-17-16-18-8-4-5-11-20(18)27(24)31-28/h1-17H. The van der Waals surface area contributed by atoms with Gasteiger partial charge in [-0.15, -0.1) is 0 Å². The van der Waals surface area contributed by atoms with E-state index in [1.165, 1.54) is 5.39 Å². The Kier molecular flexibility index (Phi) is 4.29. The first-order valence-corrected chi connectivity index (χ1v) is 11.0. The third-order valence-electron chi connectivity index (χ3n) is 5.75. The number of hydrogen-bond acceptors (Lipinski definition) is 2. The monoisotopic (exact) mass is 460 g/mol. The molecule has 0 amide bonds. The summed E-state index contributed by atoms with van der Waals surface area (Å²) in [6.07, 6.45) is 0. The van der Waals surface area contributed by atoms with Crippen LogP contribution in [0.1, 0.15) is 0 Å². The predicted molar refractivity (Wildman–Crippen MR) is 133 cm³/mol. The lowest BCUT2D eigenvalue weighted by atomic mass is 10.00. The van der Waals surface area contributed by atoms with E-state index in [1.807, 2.05) is 6.07 Å². The SMILES string of the molecule is Brc1cccc2c(-c3nc(-c4ccccc4)c4ccc5ccccc5c4n3)cccc12. The largest absolute Gasteiger partial charge is 0.227 e. The Labute approximate surface area is 188 Å². The lowest BCUT2D eigenvalue weighted by Gasteiger charge is -2.13. The zero-order chi connectivity index (χ0) is 20.8. The van der Waals surface area contributed by atoms with Gasteiger partial charge in [0.25, 0.3) is 0 Å². The van der Waals surface area contributed by atoms with Crippen LogP contribution in [-0.4, -0.2) is 9.97 Å². The number of fused-ring (bicyclic) bond motifs is 4. The molecule has 31 heavy (non-hydrogen) atoms. The molecule has 6 aromatic rings. The molecule has 6 rings (SSSR count). The molecule has 3 heteroatoms. The van der Waals surface area contributed by atoms with Crippen molar-refractivity contribution in [1.29, 1.82) is 0 Å². The number of halogens is 1. The van der Waals surface area contributed by atoms with Crippen LogP contribution in [0, 0.1) is 0 Å². The van der Waals surface area contributed by atoms with E-state index in [9.17, 15) is 0 Å². The highest BCUT2D eigenvalue weighted by Gasteiger charge is 2.15. The van der Waals surface area contributed by atoms with Crippen LogP contribution in [0.3, 0.4) is 0 Å². The summed E-state index contributed by atoms with van der Waals surface area (Å²) in [4.78, 5) is 10.2. The molecular weight excluding hydrogens is 444 g/mol. The van der Waals surface area contributed by atoms with E-state index in [2.05, 4.69) is 113 Å². The average Bonchev–Trinajstić information content (AvgIpc) is 2.84. The van der Waals surface area contributed by atoms with Crippen molar-refractivity contribution in [2.24, 2.45) is 0 Å². The Hall–Kier alpha value is -3.56. The van der Waals surface area contributed by atoms with Crippen molar-refractivity contribution in [3.05, 3.63) is 108 Å². The van der Waals surface area contributed by atoms with Crippen LogP contribution >= 0.6 is 15.9 Å². The summed E-state index contributed by atoms with van der Waals surface area (Å²) >= 11 is 3.69. The number of aromatic nitrogens is 2. The lowest BCUT2D eigenvalue weighted by molar-refractivity contribution is 1.24. The van der Waals surface area contributed by atoms with Gasteiger partial charge in [-0.2, -0.15) is 0 Å². The molecule has 2 nitrogen and oxygen atoms in total. The van der Waals surface area contributed by atoms with Crippen molar-refractivity contribution in [2.45, 2.75) is 0 Å². The Morgan fingerprint density at radius 1 is 0.516 bits per heavy atom. The minimum absolute atomic E-state index is 0.742. The Morgan fingerprint density at radius 3 is 2.16 bits per heavy atom. The molecular formula is C28H17BrN2. The molecule has 0 fully saturated rings. The third kappa shape index (κ3) is 3.01. The molecule has 1 heterocycles. The summed E-state index contributed by atoms with van der Waals surface area (Å²) < 4.78 is 1.07. The fraction of sp³-hybridized carbons (Fsp3) is 0. The molecule has 0 spiro atoms.